The topological polar surface area (TPSA) is 21.6 Å². The molecule has 0 saturated heterocycles. The maximum atomic E-state index is 5.54. The van der Waals surface area contributed by atoms with E-state index in [2.05, 4.69) is 39.8 Å². The number of nitrogens with zero attached hydrogens (tertiary/aromatic N) is 1. The standard InChI is InChI=1S/C18H37NOP/c1-6-9-12-21(13-10-7-2,14-11-8-3)15-18-16(4)19-20-17(18)5/h17-18H,6-15H2,1-5H3/q+1/t17-,18+/m1/s1. The quantitative estimate of drug-likeness (QED) is 0.441. The van der Waals surface area contributed by atoms with Crippen molar-refractivity contribution in [3.63, 3.8) is 0 Å². The number of oxime groups is 1. The van der Waals surface area contributed by atoms with E-state index < -0.39 is 7.26 Å². The molecule has 0 N–H and O–H groups in total. The Morgan fingerprint density at radius 3 is 1.76 bits per heavy atom. The van der Waals surface area contributed by atoms with Crippen LogP contribution in [0.3, 0.4) is 0 Å². The molecule has 0 aromatic rings. The SMILES string of the molecule is CCCC[P+](CCCC)(CCCC)C[C@H]1C(C)=NO[C@@H]1C. The number of hydrogen-bond donors (Lipinski definition) is 0. The first-order chi connectivity index (χ1) is 10.1. The fourth-order valence-corrected chi connectivity index (χ4v) is 9.01. The van der Waals surface area contributed by atoms with Crippen molar-refractivity contribution in [1.29, 1.82) is 0 Å². The van der Waals surface area contributed by atoms with Crippen LogP contribution < -0.4 is 0 Å². The Morgan fingerprint density at radius 1 is 0.952 bits per heavy atom. The van der Waals surface area contributed by atoms with Gasteiger partial charge in [-0.2, -0.15) is 0 Å². The molecule has 0 bridgehead atoms. The summed E-state index contributed by atoms with van der Waals surface area (Å²) in [5.41, 5.74) is 1.25. The predicted octanol–water partition coefficient (Wildman–Crippen LogP) is 5.82. The average molecular weight is 314 g/mol. The van der Waals surface area contributed by atoms with Gasteiger partial charge in [0, 0.05) is 7.26 Å². The van der Waals surface area contributed by atoms with E-state index in [1.165, 1.54) is 68.9 Å². The second-order valence-electron chi connectivity index (χ2n) is 6.91. The molecule has 0 radical (unpaired) electrons. The molecule has 0 unspecified atom stereocenters. The molecule has 1 heterocycles. The third-order valence-corrected chi connectivity index (χ3v) is 9.97. The summed E-state index contributed by atoms with van der Waals surface area (Å²) in [6.07, 6.45) is 14.5. The van der Waals surface area contributed by atoms with Crippen LogP contribution in [0.2, 0.25) is 0 Å². The number of unbranched alkanes of at least 4 members (excludes halogenated alkanes) is 3. The van der Waals surface area contributed by atoms with Gasteiger partial charge < -0.3 is 4.84 Å². The summed E-state index contributed by atoms with van der Waals surface area (Å²) in [6.45, 7) is 11.4. The van der Waals surface area contributed by atoms with E-state index in [0.29, 0.717) is 12.0 Å². The first-order valence-electron chi connectivity index (χ1n) is 9.14. The molecule has 21 heavy (non-hydrogen) atoms. The van der Waals surface area contributed by atoms with Gasteiger partial charge in [-0.3, -0.25) is 0 Å². The van der Waals surface area contributed by atoms with Crippen LogP contribution in [0, 0.1) is 5.92 Å². The van der Waals surface area contributed by atoms with Gasteiger partial charge in [0.2, 0.25) is 0 Å². The molecule has 1 aliphatic heterocycles. The van der Waals surface area contributed by atoms with Gasteiger partial charge in [0.05, 0.1) is 36.3 Å². The molecular weight excluding hydrogens is 277 g/mol. The van der Waals surface area contributed by atoms with Gasteiger partial charge in [0.25, 0.3) is 0 Å². The summed E-state index contributed by atoms with van der Waals surface area (Å²) < 4.78 is 0. The summed E-state index contributed by atoms with van der Waals surface area (Å²) in [7, 11) is -0.830. The molecule has 0 saturated carbocycles. The van der Waals surface area contributed by atoms with Crippen LogP contribution in [0.25, 0.3) is 0 Å². The van der Waals surface area contributed by atoms with Crippen molar-refractivity contribution < 1.29 is 4.84 Å². The van der Waals surface area contributed by atoms with Crippen LogP contribution in [-0.2, 0) is 4.84 Å². The Hall–Kier alpha value is -0.100. The Labute approximate surface area is 133 Å². The zero-order valence-electron chi connectivity index (χ0n) is 15.0. The minimum Gasteiger partial charge on any atom is -0.392 e. The van der Waals surface area contributed by atoms with Crippen LogP contribution in [0.4, 0.5) is 0 Å². The maximum Gasteiger partial charge on any atom is 0.136 e. The van der Waals surface area contributed by atoms with E-state index in [1.807, 2.05) is 0 Å². The molecule has 1 aliphatic rings. The Bertz CT molecular complexity index is 295. The molecule has 0 amide bonds. The normalized spacial score (nSPS) is 22.2. The largest absolute Gasteiger partial charge is 0.392 e. The summed E-state index contributed by atoms with van der Waals surface area (Å²) in [5, 5.41) is 4.26. The van der Waals surface area contributed by atoms with Gasteiger partial charge in [-0.15, -0.1) is 0 Å². The van der Waals surface area contributed by atoms with Crippen LogP contribution >= 0.6 is 7.26 Å². The van der Waals surface area contributed by atoms with Gasteiger partial charge in [-0.05, 0) is 33.1 Å². The lowest BCUT2D eigenvalue weighted by atomic mass is 10.0. The van der Waals surface area contributed by atoms with E-state index in [4.69, 9.17) is 4.84 Å². The molecule has 124 valence electrons. The minimum absolute atomic E-state index is 0.300. The number of hydrogen-bond acceptors (Lipinski definition) is 2. The molecule has 0 aliphatic carbocycles. The third kappa shape index (κ3) is 5.89. The zero-order chi connectivity index (χ0) is 15.7. The van der Waals surface area contributed by atoms with Crippen LogP contribution in [-0.4, -0.2) is 36.5 Å². The zero-order valence-corrected chi connectivity index (χ0v) is 15.9. The van der Waals surface area contributed by atoms with Crippen molar-refractivity contribution in [2.24, 2.45) is 11.1 Å². The fourth-order valence-electron chi connectivity index (χ4n) is 3.43. The van der Waals surface area contributed by atoms with Gasteiger partial charge >= 0.3 is 0 Å². The smallest absolute Gasteiger partial charge is 0.136 e. The highest BCUT2D eigenvalue weighted by Gasteiger charge is 2.42. The lowest BCUT2D eigenvalue weighted by Gasteiger charge is -2.31. The van der Waals surface area contributed by atoms with Crippen molar-refractivity contribution in [3.05, 3.63) is 0 Å². The predicted molar refractivity (Wildman–Crippen MR) is 98.3 cm³/mol. The van der Waals surface area contributed by atoms with Gasteiger partial charge in [0.1, 0.15) is 6.10 Å². The monoisotopic (exact) mass is 314 g/mol. The molecule has 2 atom stereocenters. The Balaban J connectivity index is 2.81. The molecule has 2 nitrogen and oxygen atoms in total. The Kier molecular flexibility index (Phi) is 8.86. The highest BCUT2D eigenvalue weighted by Crippen LogP contribution is 2.62. The van der Waals surface area contributed by atoms with Crippen molar-refractivity contribution in [3.8, 4) is 0 Å². The minimum atomic E-state index is -0.830. The van der Waals surface area contributed by atoms with Crippen molar-refractivity contribution in [2.75, 3.05) is 24.6 Å². The lowest BCUT2D eigenvalue weighted by Crippen LogP contribution is -2.27. The molecule has 0 aromatic heterocycles. The van der Waals surface area contributed by atoms with Crippen LogP contribution in [0.5, 0.6) is 0 Å². The van der Waals surface area contributed by atoms with Crippen LogP contribution in [0.15, 0.2) is 5.16 Å². The molecule has 0 spiro atoms. The lowest BCUT2D eigenvalue weighted by molar-refractivity contribution is 0.0805. The van der Waals surface area contributed by atoms with Crippen molar-refractivity contribution in [2.45, 2.75) is 79.2 Å². The van der Waals surface area contributed by atoms with E-state index in [0.717, 1.165) is 0 Å². The summed E-state index contributed by atoms with van der Waals surface area (Å²) in [6, 6.07) is 0. The van der Waals surface area contributed by atoms with E-state index in [-0.39, 0.29) is 0 Å². The third-order valence-electron chi connectivity index (χ3n) is 5.01. The molecule has 1 rings (SSSR count). The van der Waals surface area contributed by atoms with Gasteiger partial charge in [-0.1, -0.05) is 45.2 Å². The van der Waals surface area contributed by atoms with E-state index in [1.54, 1.807) is 0 Å². The highest BCUT2D eigenvalue weighted by molar-refractivity contribution is 7.75. The van der Waals surface area contributed by atoms with E-state index >= 15 is 0 Å². The molecule has 3 heteroatoms. The van der Waals surface area contributed by atoms with Crippen molar-refractivity contribution >= 4 is 13.0 Å². The summed E-state index contributed by atoms with van der Waals surface area (Å²) in [4.78, 5) is 5.54. The van der Waals surface area contributed by atoms with E-state index in [9.17, 15) is 0 Å². The first-order valence-corrected chi connectivity index (χ1v) is 11.7. The molecule has 0 aromatic carbocycles. The van der Waals surface area contributed by atoms with Gasteiger partial charge in [-0.25, -0.2) is 0 Å². The fraction of sp³-hybridized carbons (Fsp3) is 0.944. The van der Waals surface area contributed by atoms with Crippen LogP contribution in [0.1, 0.15) is 73.1 Å². The van der Waals surface area contributed by atoms with Crippen molar-refractivity contribution in [1.82, 2.24) is 0 Å². The second kappa shape index (κ2) is 9.82. The average Bonchev–Trinajstić information content (AvgIpc) is 2.80. The van der Waals surface area contributed by atoms with Gasteiger partial charge in [0.15, 0.2) is 0 Å². The summed E-state index contributed by atoms with van der Waals surface area (Å²) >= 11 is 0. The molecular formula is C18H37NOP+. The number of rotatable bonds is 11. The second-order valence-corrected chi connectivity index (χ2v) is 11.3. The maximum absolute atomic E-state index is 5.54. The highest BCUT2D eigenvalue weighted by atomic mass is 31.2. The first kappa shape index (κ1) is 18.9. The Morgan fingerprint density at radius 2 is 1.43 bits per heavy atom. The summed E-state index contributed by atoms with van der Waals surface area (Å²) in [5.74, 6) is 0.587. The molecule has 0 fully saturated rings.